The van der Waals surface area contributed by atoms with Gasteiger partial charge in [0.05, 0.1) is 12.1 Å². The SMILES string of the molecule is COc1ccc(NC(N)=NCC(=O)N2CCc3ccccc3C2)cc1Cl. The van der Waals surface area contributed by atoms with E-state index in [0.29, 0.717) is 29.5 Å². The molecule has 0 saturated carbocycles. The van der Waals surface area contributed by atoms with Gasteiger partial charge in [0.1, 0.15) is 12.3 Å². The first-order valence-electron chi connectivity index (χ1n) is 8.32. The average Bonchev–Trinajstić information content (AvgIpc) is 2.66. The first kappa shape index (κ1) is 18.1. The molecule has 1 aliphatic rings. The van der Waals surface area contributed by atoms with Crippen LogP contribution in [0.5, 0.6) is 5.75 Å². The minimum Gasteiger partial charge on any atom is -0.495 e. The number of nitrogens with one attached hydrogen (secondary N) is 1. The van der Waals surface area contributed by atoms with E-state index in [-0.39, 0.29) is 18.4 Å². The van der Waals surface area contributed by atoms with Crippen molar-refractivity contribution in [3.8, 4) is 5.75 Å². The van der Waals surface area contributed by atoms with Crippen LogP contribution in [0.2, 0.25) is 5.02 Å². The fourth-order valence-corrected chi connectivity index (χ4v) is 3.15. The van der Waals surface area contributed by atoms with Gasteiger partial charge in [0.15, 0.2) is 5.96 Å². The molecule has 1 heterocycles. The molecule has 0 aromatic heterocycles. The zero-order valence-corrected chi connectivity index (χ0v) is 15.3. The molecule has 6 nitrogen and oxygen atoms in total. The smallest absolute Gasteiger partial charge is 0.244 e. The van der Waals surface area contributed by atoms with Gasteiger partial charge >= 0.3 is 0 Å². The maximum atomic E-state index is 12.4. The Labute approximate surface area is 157 Å². The topological polar surface area (TPSA) is 80.0 Å². The molecule has 0 aliphatic carbocycles. The number of hydrogen-bond acceptors (Lipinski definition) is 3. The van der Waals surface area contributed by atoms with Gasteiger partial charge in [0.2, 0.25) is 5.91 Å². The van der Waals surface area contributed by atoms with Gasteiger partial charge in [-0.15, -0.1) is 0 Å². The van der Waals surface area contributed by atoms with Crippen LogP contribution in [0.3, 0.4) is 0 Å². The molecule has 0 bridgehead atoms. The third-order valence-corrected chi connectivity index (χ3v) is 4.59. The minimum atomic E-state index is -0.0444. The molecule has 0 fully saturated rings. The number of anilines is 1. The number of nitrogens with zero attached hydrogens (tertiary/aromatic N) is 2. The average molecular weight is 373 g/mol. The molecule has 1 aliphatic heterocycles. The Balaban J connectivity index is 1.57. The summed E-state index contributed by atoms with van der Waals surface area (Å²) >= 11 is 6.08. The summed E-state index contributed by atoms with van der Waals surface area (Å²) in [4.78, 5) is 18.3. The summed E-state index contributed by atoms with van der Waals surface area (Å²) < 4.78 is 5.10. The predicted octanol–water partition coefficient (Wildman–Crippen LogP) is 2.66. The van der Waals surface area contributed by atoms with E-state index < -0.39 is 0 Å². The molecule has 0 saturated heterocycles. The van der Waals surface area contributed by atoms with Crippen LogP contribution in [0.4, 0.5) is 5.69 Å². The van der Waals surface area contributed by atoms with Gasteiger partial charge in [0, 0.05) is 18.8 Å². The summed E-state index contributed by atoms with van der Waals surface area (Å²) in [5, 5.41) is 3.39. The first-order valence-corrected chi connectivity index (χ1v) is 8.69. The Kier molecular flexibility index (Phi) is 5.63. The largest absolute Gasteiger partial charge is 0.495 e. The predicted molar refractivity (Wildman–Crippen MR) is 104 cm³/mol. The van der Waals surface area contributed by atoms with Gasteiger partial charge < -0.3 is 20.7 Å². The quantitative estimate of drug-likeness (QED) is 0.638. The number of carbonyl (C=O) groups excluding carboxylic acids is 1. The second-order valence-electron chi connectivity index (χ2n) is 6.01. The van der Waals surface area contributed by atoms with Gasteiger partial charge in [-0.25, -0.2) is 4.99 Å². The molecule has 7 heteroatoms. The number of guanidine groups is 1. The van der Waals surface area contributed by atoms with Crippen molar-refractivity contribution in [1.82, 2.24) is 4.90 Å². The lowest BCUT2D eigenvalue weighted by Crippen LogP contribution is -2.38. The first-order chi connectivity index (χ1) is 12.6. The third-order valence-electron chi connectivity index (χ3n) is 4.29. The highest BCUT2D eigenvalue weighted by Crippen LogP contribution is 2.27. The number of amides is 1. The van der Waals surface area contributed by atoms with Crippen LogP contribution < -0.4 is 15.8 Å². The molecule has 2 aromatic rings. The molecular formula is C19H21ClN4O2. The molecule has 0 unspecified atom stereocenters. The van der Waals surface area contributed by atoms with E-state index in [1.807, 2.05) is 17.0 Å². The summed E-state index contributed by atoms with van der Waals surface area (Å²) in [6, 6.07) is 13.4. The molecule has 3 rings (SSSR count). The van der Waals surface area contributed by atoms with Gasteiger partial charge in [0.25, 0.3) is 0 Å². The van der Waals surface area contributed by atoms with E-state index in [2.05, 4.69) is 22.4 Å². The number of hydrogen-bond donors (Lipinski definition) is 2. The fraction of sp³-hybridized carbons (Fsp3) is 0.263. The summed E-state index contributed by atoms with van der Waals surface area (Å²) in [7, 11) is 1.55. The van der Waals surface area contributed by atoms with Gasteiger partial charge in [-0.3, -0.25) is 4.79 Å². The van der Waals surface area contributed by atoms with Crippen molar-refractivity contribution >= 4 is 29.2 Å². The van der Waals surface area contributed by atoms with Crippen LogP contribution in [0, 0.1) is 0 Å². The Morgan fingerprint density at radius 1 is 1.31 bits per heavy atom. The lowest BCUT2D eigenvalue weighted by molar-refractivity contribution is -0.130. The summed E-state index contributed by atoms with van der Waals surface area (Å²) in [5.74, 6) is 0.697. The number of halogens is 1. The number of carbonyl (C=O) groups is 1. The zero-order valence-electron chi connectivity index (χ0n) is 14.5. The lowest BCUT2D eigenvalue weighted by atomic mass is 10.00. The van der Waals surface area contributed by atoms with Crippen molar-refractivity contribution < 1.29 is 9.53 Å². The maximum Gasteiger partial charge on any atom is 0.244 e. The lowest BCUT2D eigenvalue weighted by Gasteiger charge is -2.28. The number of nitrogens with two attached hydrogens (primary N) is 1. The summed E-state index contributed by atoms with van der Waals surface area (Å²) in [5.41, 5.74) is 9.04. The van der Waals surface area contributed by atoms with Crippen LogP contribution >= 0.6 is 11.6 Å². The van der Waals surface area contributed by atoms with Gasteiger partial charge in [-0.1, -0.05) is 35.9 Å². The molecular weight excluding hydrogens is 352 g/mol. The number of methoxy groups -OCH3 is 1. The Hall–Kier alpha value is -2.73. The van der Waals surface area contributed by atoms with E-state index in [0.717, 1.165) is 6.42 Å². The minimum absolute atomic E-state index is 0.00485. The van der Waals surface area contributed by atoms with Crippen LogP contribution in [-0.4, -0.2) is 37.0 Å². The number of benzene rings is 2. The van der Waals surface area contributed by atoms with Crippen molar-refractivity contribution in [3.63, 3.8) is 0 Å². The standard InChI is InChI=1S/C19H21ClN4O2/c1-26-17-7-6-15(10-16(17)20)23-19(21)22-11-18(25)24-9-8-13-4-2-3-5-14(13)12-24/h2-7,10H,8-9,11-12H2,1H3,(H3,21,22,23). The molecule has 2 aromatic carbocycles. The number of ether oxygens (including phenoxy) is 1. The highest BCUT2D eigenvalue weighted by atomic mass is 35.5. The van der Waals surface area contributed by atoms with Crippen LogP contribution in [0.1, 0.15) is 11.1 Å². The van der Waals surface area contributed by atoms with Crippen molar-refractivity contribution in [2.75, 3.05) is 25.5 Å². The Morgan fingerprint density at radius 2 is 2.08 bits per heavy atom. The van der Waals surface area contributed by atoms with Gasteiger partial charge in [-0.05, 0) is 35.7 Å². The monoisotopic (exact) mass is 372 g/mol. The summed E-state index contributed by atoms with van der Waals surface area (Å²) in [6.07, 6.45) is 0.865. The molecule has 0 atom stereocenters. The Bertz CT molecular complexity index is 838. The van der Waals surface area contributed by atoms with Crippen LogP contribution in [-0.2, 0) is 17.8 Å². The maximum absolute atomic E-state index is 12.4. The van der Waals surface area contributed by atoms with E-state index in [1.54, 1.807) is 25.3 Å². The molecule has 1 amide bonds. The van der Waals surface area contributed by atoms with Crippen molar-refractivity contribution in [3.05, 3.63) is 58.6 Å². The van der Waals surface area contributed by atoms with E-state index in [9.17, 15) is 4.79 Å². The number of aliphatic imine (C=N–C) groups is 1. The zero-order chi connectivity index (χ0) is 18.5. The van der Waals surface area contributed by atoms with E-state index >= 15 is 0 Å². The molecule has 0 spiro atoms. The van der Waals surface area contributed by atoms with Crippen molar-refractivity contribution in [2.24, 2.45) is 10.7 Å². The third kappa shape index (κ3) is 4.26. The molecule has 136 valence electrons. The number of rotatable bonds is 4. The molecule has 0 radical (unpaired) electrons. The summed E-state index contributed by atoms with van der Waals surface area (Å²) in [6.45, 7) is 1.32. The number of fused-ring (bicyclic) bond motifs is 1. The van der Waals surface area contributed by atoms with Crippen molar-refractivity contribution in [2.45, 2.75) is 13.0 Å². The highest BCUT2D eigenvalue weighted by molar-refractivity contribution is 6.32. The van der Waals surface area contributed by atoms with Crippen molar-refractivity contribution in [1.29, 1.82) is 0 Å². The van der Waals surface area contributed by atoms with Crippen LogP contribution in [0.25, 0.3) is 0 Å². The molecule has 26 heavy (non-hydrogen) atoms. The van der Waals surface area contributed by atoms with Gasteiger partial charge in [-0.2, -0.15) is 0 Å². The normalized spacial score (nSPS) is 13.9. The Morgan fingerprint density at radius 3 is 2.81 bits per heavy atom. The second kappa shape index (κ2) is 8.10. The highest BCUT2D eigenvalue weighted by Gasteiger charge is 2.19. The van der Waals surface area contributed by atoms with E-state index in [1.165, 1.54) is 11.1 Å². The van der Waals surface area contributed by atoms with E-state index in [4.69, 9.17) is 22.1 Å². The molecule has 3 N–H and O–H groups in total. The van der Waals surface area contributed by atoms with Crippen LogP contribution in [0.15, 0.2) is 47.5 Å². The fourth-order valence-electron chi connectivity index (χ4n) is 2.89. The second-order valence-corrected chi connectivity index (χ2v) is 6.42.